The van der Waals surface area contributed by atoms with Gasteiger partial charge in [0.15, 0.2) is 11.6 Å². The van der Waals surface area contributed by atoms with Gasteiger partial charge in [-0.05, 0) is 119 Å². The number of nitrogens with two attached hydrogens (primary N) is 1. The molecule has 0 radical (unpaired) electrons. The van der Waals surface area contributed by atoms with E-state index in [0.29, 0.717) is 80.3 Å². The van der Waals surface area contributed by atoms with Crippen LogP contribution in [0.5, 0.6) is 11.6 Å². The number of urea groups is 1. The Morgan fingerprint density at radius 3 is 2.20 bits per heavy atom. The molecule has 10 amide bonds. The maximum absolute atomic E-state index is 15.3. The maximum atomic E-state index is 15.3. The number of unbranched alkanes of at least 4 members (excludes halogenated alkanes) is 2. The van der Waals surface area contributed by atoms with Crippen LogP contribution in [0.2, 0.25) is 0 Å². The molecule has 11 rings (SSSR count). The van der Waals surface area contributed by atoms with Gasteiger partial charge in [0, 0.05) is 94.0 Å². The maximum Gasteiger partial charge on any atom is 0.418 e. The molecular formula is C77H98N16O14S. The molecule has 3 fully saturated rings. The number of nitrogens with one attached hydrogen (secondary N) is 5. The fraction of sp³-hybridized carbons (Fsp3) is 0.494. The smallest absolute Gasteiger partial charge is 0.418 e. The number of hydrogen-bond acceptors (Lipinski definition) is 22. The lowest BCUT2D eigenvalue weighted by Gasteiger charge is -2.53. The van der Waals surface area contributed by atoms with Crippen molar-refractivity contribution >= 4 is 76.3 Å². The first-order chi connectivity index (χ1) is 51.9. The van der Waals surface area contributed by atoms with E-state index in [0.717, 1.165) is 52.5 Å². The zero-order chi connectivity index (χ0) is 76.9. The fourth-order valence-electron chi connectivity index (χ4n) is 14.9. The number of aromatic hydroxyl groups is 1. The molecule has 1 unspecified atom stereocenters. The van der Waals surface area contributed by atoms with E-state index in [2.05, 4.69) is 61.6 Å². The van der Waals surface area contributed by atoms with Crippen LogP contribution in [0.15, 0.2) is 113 Å². The average Bonchev–Trinajstić information content (AvgIpc) is 0.939. The van der Waals surface area contributed by atoms with Crippen LogP contribution in [0.3, 0.4) is 0 Å². The van der Waals surface area contributed by atoms with E-state index >= 15 is 4.79 Å². The molecule has 576 valence electrons. The van der Waals surface area contributed by atoms with Crippen molar-refractivity contribution in [1.29, 1.82) is 0 Å². The lowest BCUT2D eigenvalue weighted by atomic mass is 9.91. The summed E-state index contributed by atoms with van der Waals surface area (Å²) in [5.41, 5.74) is 11.9. The number of ether oxygens (including phenoxy) is 2. The third kappa shape index (κ3) is 19.1. The number of fused-ring (bicyclic) bond motifs is 3. The van der Waals surface area contributed by atoms with E-state index in [4.69, 9.17) is 19.7 Å². The molecule has 0 bridgehead atoms. The summed E-state index contributed by atoms with van der Waals surface area (Å²) in [5.74, 6) is -4.06. The van der Waals surface area contributed by atoms with Gasteiger partial charge < -0.3 is 66.3 Å². The van der Waals surface area contributed by atoms with E-state index in [1.54, 1.807) is 85.8 Å². The molecule has 108 heavy (non-hydrogen) atoms. The number of phenolic OH excluding ortho intramolecular Hbond substituents is 1. The summed E-state index contributed by atoms with van der Waals surface area (Å²) in [6.07, 6.45) is 2.68. The lowest BCUT2D eigenvalue weighted by Crippen LogP contribution is -2.66. The van der Waals surface area contributed by atoms with E-state index in [9.17, 15) is 48.6 Å². The van der Waals surface area contributed by atoms with Crippen LogP contribution in [0.1, 0.15) is 140 Å². The van der Waals surface area contributed by atoms with E-state index in [-0.39, 0.29) is 110 Å². The number of imide groups is 1. The molecule has 0 aliphatic carbocycles. The molecule has 9 atom stereocenters. The number of nitrogens with zero attached hydrogens (tertiary/aromatic N) is 10. The Morgan fingerprint density at radius 2 is 1.51 bits per heavy atom. The Balaban J connectivity index is 0.717. The van der Waals surface area contributed by atoms with Gasteiger partial charge in [0.25, 0.3) is 17.7 Å². The number of phenols is 1. The van der Waals surface area contributed by atoms with Gasteiger partial charge >= 0.3 is 12.1 Å². The summed E-state index contributed by atoms with van der Waals surface area (Å²) < 4.78 is 18.4. The van der Waals surface area contributed by atoms with Gasteiger partial charge in [-0.2, -0.15) is 0 Å². The monoisotopic (exact) mass is 1500 g/mol. The quantitative estimate of drug-likeness (QED) is 0.0129. The minimum Gasteiger partial charge on any atom is -0.507 e. The molecule has 3 saturated heterocycles. The normalized spacial score (nSPS) is 19.6. The number of thiazole rings is 1. The summed E-state index contributed by atoms with van der Waals surface area (Å²) in [4.78, 5) is 138. The number of piperidine rings is 1. The van der Waals surface area contributed by atoms with Crippen LogP contribution in [-0.2, 0) is 38.3 Å². The molecule has 0 saturated carbocycles. The van der Waals surface area contributed by atoms with Crippen molar-refractivity contribution in [3.05, 3.63) is 131 Å². The number of hydrogen-bond donors (Lipinski definition) is 8. The number of aromatic nitrogens is 4. The summed E-state index contributed by atoms with van der Waals surface area (Å²) in [7, 11) is 0. The highest BCUT2D eigenvalue weighted by Crippen LogP contribution is 2.43. The minimum absolute atomic E-state index is 0.00485. The topological polar surface area (TPSA) is 383 Å². The van der Waals surface area contributed by atoms with Crippen molar-refractivity contribution in [3.63, 3.8) is 0 Å². The first-order valence-corrected chi connectivity index (χ1v) is 38.1. The third-order valence-electron chi connectivity index (χ3n) is 20.9. The Kier molecular flexibility index (Phi) is 26.2. The highest BCUT2D eigenvalue weighted by molar-refractivity contribution is 7.13. The molecular weight excluding hydrogens is 1410 g/mol. The lowest BCUT2D eigenvalue weighted by molar-refractivity contribution is -0.141. The zero-order valence-corrected chi connectivity index (χ0v) is 62.8. The second kappa shape index (κ2) is 36.0. The van der Waals surface area contributed by atoms with Crippen LogP contribution >= 0.6 is 11.3 Å². The number of aliphatic hydroxyl groups is 1. The van der Waals surface area contributed by atoms with Crippen molar-refractivity contribution in [2.45, 2.75) is 167 Å². The van der Waals surface area contributed by atoms with Crippen LogP contribution in [0.25, 0.3) is 21.7 Å². The van der Waals surface area contributed by atoms with Crippen molar-refractivity contribution in [2.24, 2.45) is 17.6 Å². The Labute approximate surface area is 631 Å². The number of carbonyl (C=O) groups is 9. The first-order valence-electron chi connectivity index (χ1n) is 37.2. The number of para-hydroxylation sites is 1. The summed E-state index contributed by atoms with van der Waals surface area (Å²) >= 11 is 1.57. The number of likely N-dealkylation sites (tertiary alicyclic amines) is 2. The molecule has 3 aromatic carbocycles. The van der Waals surface area contributed by atoms with Crippen LogP contribution in [0, 0.1) is 18.8 Å². The number of aliphatic hydroxyl groups excluding tert-OH is 1. The Bertz CT molecular complexity index is 4190. The standard InChI is InChI=1S/C77H98N16O14S/c1-45(2)67(75(102)92-42-54(94)39-59(92)72(100)81-47(5)50-23-25-51(26-24-50)69-48(6)80-44-108-69)62-41-64(87-107-62)105-38-37-88-33-29-53(30-34-88)89-35-36-90-58-40-57(55-19-13-14-21-61(55)95)85-86-70(58)93(49(7)60(90)43-89)77(104)106-74(52-17-10-8-11-18-52)84-71(99)56(20-16-31-79-76(78)103)82-73(101)68(46(3)4)83-63(96)22-12-9-15-32-91-65(97)27-28-66(91)98/h8,10-11,13-14,17-19,21,23-28,40-41,44-47,49,53-54,56,59-60,67-68,74,94-95H,9,12,15-16,20,22,29-39,42-43H2,1-7H3,(H,81,100)(H,82,101)(H,83,96)(H,84,99)(H3,78,79,103)/t47-,49-,54+,56-,59-,60-,67+,68-,74?/m0/s1. The number of primary amides is 1. The van der Waals surface area contributed by atoms with Crippen molar-refractivity contribution in [2.75, 3.05) is 75.3 Å². The number of piperazine rings is 1. The average molecular weight is 1500 g/mol. The summed E-state index contributed by atoms with van der Waals surface area (Å²) in [6, 6.07) is 21.6. The number of amides is 10. The zero-order valence-electron chi connectivity index (χ0n) is 62.0. The van der Waals surface area contributed by atoms with E-state index in [1.807, 2.05) is 70.5 Å². The molecule has 0 spiro atoms. The van der Waals surface area contributed by atoms with Gasteiger partial charge in [0.2, 0.25) is 35.8 Å². The fourth-order valence-corrected chi connectivity index (χ4v) is 15.7. The van der Waals surface area contributed by atoms with Gasteiger partial charge in [-0.1, -0.05) is 101 Å². The highest BCUT2D eigenvalue weighted by Gasteiger charge is 2.48. The predicted molar refractivity (Wildman–Crippen MR) is 401 cm³/mol. The number of rotatable bonds is 31. The summed E-state index contributed by atoms with van der Waals surface area (Å²) in [6.45, 7) is 17.5. The molecule has 9 N–H and O–H groups in total. The number of aryl methyl sites for hydroxylation is 1. The first kappa shape index (κ1) is 78.7. The number of benzene rings is 3. The predicted octanol–water partition coefficient (Wildman–Crippen LogP) is 6.60. The molecule has 31 heteroatoms. The third-order valence-corrected chi connectivity index (χ3v) is 21.8. The van der Waals surface area contributed by atoms with Gasteiger partial charge in [-0.15, -0.1) is 21.5 Å². The molecule has 5 aliphatic heterocycles. The Hall–Kier alpha value is -10.4. The van der Waals surface area contributed by atoms with Gasteiger partial charge in [0.05, 0.1) is 51.7 Å². The van der Waals surface area contributed by atoms with E-state index in [1.165, 1.54) is 22.0 Å². The number of carbonyl (C=O) groups excluding carboxylic acids is 9. The van der Waals surface area contributed by atoms with Crippen LogP contribution in [0.4, 0.5) is 21.1 Å². The molecule has 30 nitrogen and oxygen atoms in total. The van der Waals surface area contributed by atoms with Crippen molar-refractivity contribution < 1.29 is 67.4 Å². The van der Waals surface area contributed by atoms with Gasteiger partial charge in [-0.3, -0.25) is 53.2 Å². The van der Waals surface area contributed by atoms with Crippen LogP contribution in [-0.4, -0.2) is 211 Å². The second-order valence-corrected chi connectivity index (χ2v) is 29.8. The second-order valence-electron chi connectivity index (χ2n) is 29.0. The summed E-state index contributed by atoms with van der Waals surface area (Å²) in [5, 5.41) is 49.4. The van der Waals surface area contributed by atoms with Crippen LogP contribution < -0.4 is 46.9 Å². The molecule has 6 aromatic rings. The largest absolute Gasteiger partial charge is 0.507 e. The molecule has 3 aromatic heterocycles. The molecule has 8 heterocycles. The van der Waals surface area contributed by atoms with Gasteiger partial charge in [0.1, 0.15) is 36.4 Å². The van der Waals surface area contributed by atoms with Crippen molar-refractivity contribution in [3.8, 4) is 33.3 Å². The highest BCUT2D eigenvalue weighted by atomic mass is 32.1. The minimum atomic E-state index is -1.44. The molecule has 5 aliphatic rings. The van der Waals surface area contributed by atoms with E-state index < -0.39 is 78.2 Å². The van der Waals surface area contributed by atoms with Gasteiger partial charge in [-0.25, -0.2) is 14.6 Å². The van der Waals surface area contributed by atoms with Crippen molar-refractivity contribution in [1.82, 2.24) is 66.5 Å². The Morgan fingerprint density at radius 1 is 0.778 bits per heavy atom. The number of anilines is 2. The number of β-amino-alcohol motifs (C(OH)–C–C–N with tert-alkyl or cyclic N) is 1. The SMILES string of the molecule is Cc1ncsc1-c1ccc([C@H](C)NC(=O)[C@@H]2C[C@@H](O)CN2C(=O)[C@@H](c2cc(OCCN3CCC(N4CCN5c6cc(-c7ccccc7O)nnc6N(C(=O)OC(NC(=O)[C@H](CCCNC(N)=O)NC(=O)[C@@H](NC(=O)CCCCCN6C(=O)C=CC6=O)C(C)C)c6ccccc6)[C@@H](C)[C@@H]5C4)CC3)no2)C(C)C)cc1.